The van der Waals surface area contributed by atoms with Gasteiger partial charge in [-0.05, 0) is 44.8 Å². The zero-order chi connectivity index (χ0) is 17.8. The van der Waals surface area contributed by atoms with Gasteiger partial charge >= 0.3 is 0 Å². The first-order valence-corrected chi connectivity index (χ1v) is 8.20. The molecule has 1 amide bonds. The van der Waals surface area contributed by atoms with Gasteiger partial charge in [0.1, 0.15) is 0 Å². The minimum Gasteiger partial charge on any atom is -0.322 e. The molecule has 3 aromatic rings. The van der Waals surface area contributed by atoms with E-state index in [9.17, 15) is 4.79 Å². The van der Waals surface area contributed by atoms with Crippen LogP contribution in [0.2, 0.25) is 0 Å². The van der Waals surface area contributed by atoms with Crippen molar-refractivity contribution >= 4 is 11.6 Å². The van der Waals surface area contributed by atoms with Gasteiger partial charge < -0.3 is 10.2 Å². The van der Waals surface area contributed by atoms with Crippen LogP contribution in [0, 0.1) is 6.92 Å². The molecule has 1 N–H and O–H groups in total. The fraction of sp³-hybridized carbons (Fsp3) is 0.200. The number of carbonyl (C=O) groups is 1. The quantitative estimate of drug-likeness (QED) is 0.777. The van der Waals surface area contributed by atoms with Gasteiger partial charge in [0.15, 0.2) is 0 Å². The number of carbonyl (C=O) groups excluding carboxylic acids is 1. The van der Waals surface area contributed by atoms with Gasteiger partial charge in [0.2, 0.25) is 0 Å². The fourth-order valence-corrected chi connectivity index (χ4v) is 2.77. The van der Waals surface area contributed by atoms with Crippen molar-refractivity contribution in [2.24, 2.45) is 0 Å². The second-order valence-electron chi connectivity index (χ2n) is 6.24. The number of hydrogen-bond acceptors (Lipinski definition) is 3. The van der Waals surface area contributed by atoms with E-state index >= 15 is 0 Å². The monoisotopic (exact) mass is 334 g/mol. The van der Waals surface area contributed by atoms with Crippen LogP contribution in [0.3, 0.4) is 0 Å². The Bertz CT molecular complexity index is 868. The van der Waals surface area contributed by atoms with Crippen LogP contribution in [0.1, 0.15) is 21.6 Å². The van der Waals surface area contributed by atoms with E-state index in [4.69, 9.17) is 0 Å². The van der Waals surface area contributed by atoms with Crippen molar-refractivity contribution in [3.63, 3.8) is 0 Å². The Kier molecular flexibility index (Phi) is 4.95. The van der Waals surface area contributed by atoms with E-state index in [0.29, 0.717) is 5.56 Å². The van der Waals surface area contributed by atoms with Gasteiger partial charge in [0.05, 0.1) is 23.1 Å². The number of nitrogens with one attached hydrogen (secondary N) is 1. The number of nitrogens with zero attached hydrogens (tertiary/aromatic N) is 3. The highest BCUT2D eigenvalue weighted by Gasteiger charge is 2.16. The molecule has 1 heterocycles. The Balaban J connectivity index is 1.85. The van der Waals surface area contributed by atoms with E-state index in [0.717, 1.165) is 29.2 Å². The number of anilines is 1. The summed E-state index contributed by atoms with van der Waals surface area (Å²) in [5.74, 6) is -0.147. The van der Waals surface area contributed by atoms with Crippen molar-refractivity contribution in [2.45, 2.75) is 13.5 Å². The van der Waals surface area contributed by atoms with E-state index in [2.05, 4.69) is 15.3 Å². The van der Waals surface area contributed by atoms with Crippen LogP contribution in [0.15, 0.2) is 60.8 Å². The largest absolute Gasteiger partial charge is 0.322 e. The summed E-state index contributed by atoms with van der Waals surface area (Å²) < 4.78 is 1.78. The molecule has 0 unspecified atom stereocenters. The summed E-state index contributed by atoms with van der Waals surface area (Å²) in [4.78, 5) is 14.8. The van der Waals surface area contributed by atoms with Gasteiger partial charge in [-0.25, -0.2) is 4.68 Å². The van der Waals surface area contributed by atoms with Crippen LogP contribution >= 0.6 is 0 Å². The van der Waals surface area contributed by atoms with E-state index in [1.165, 1.54) is 0 Å². The van der Waals surface area contributed by atoms with E-state index in [1.54, 1.807) is 10.9 Å². The molecule has 0 atom stereocenters. The number of para-hydroxylation sites is 2. The third-order valence-corrected chi connectivity index (χ3v) is 4.01. The summed E-state index contributed by atoms with van der Waals surface area (Å²) >= 11 is 0. The summed E-state index contributed by atoms with van der Waals surface area (Å²) in [5, 5.41) is 7.39. The second-order valence-corrected chi connectivity index (χ2v) is 6.24. The van der Waals surface area contributed by atoms with Crippen molar-refractivity contribution in [3.8, 4) is 5.69 Å². The molecule has 0 radical (unpaired) electrons. The van der Waals surface area contributed by atoms with Gasteiger partial charge in [-0.2, -0.15) is 5.10 Å². The standard InChI is InChI=1S/C20H22N4O/c1-15-18(13-21-24(15)17-10-5-4-6-11-17)20(25)22-19-12-8-7-9-16(19)14-23(2)3/h4-13H,14H2,1-3H3,(H,22,25). The van der Waals surface area contributed by atoms with Gasteiger partial charge in [-0.3, -0.25) is 4.79 Å². The molecule has 0 fully saturated rings. The Morgan fingerprint density at radius 1 is 1.08 bits per heavy atom. The molecular formula is C20H22N4O. The molecule has 0 saturated heterocycles. The third kappa shape index (κ3) is 3.78. The highest BCUT2D eigenvalue weighted by atomic mass is 16.1. The predicted octanol–water partition coefficient (Wildman–Crippen LogP) is 3.49. The van der Waals surface area contributed by atoms with Crippen LogP contribution in [0.25, 0.3) is 5.69 Å². The molecule has 0 spiro atoms. The number of benzene rings is 2. The number of aromatic nitrogens is 2. The van der Waals surface area contributed by atoms with Gasteiger partial charge in [0.25, 0.3) is 5.91 Å². The lowest BCUT2D eigenvalue weighted by atomic mass is 10.1. The molecule has 1 aromatic heterocycles. The Labute approximate surface area is 147 Å². The maximum atomic E-state index is 12.7. The smallest absolute Gasteiger partial charge is 0.259 e. The summed E-state index contributed by atoms with van der Waals surface area (Å²) in [6.07, 6.45) is 1.62. The Hall–Kier alpha value is -2.92. The minimum absolute atomic E-state index is 0.147. The summed E-state index contributed by atoms with van der Waals surface area (Å²) in [7, 11) is 4.01. The van der Waals surface area contributed by atoms with E-state index < -0.39 is 0 Å². The SMILES string of the molecule is Cc1c(C(=O)Nc2ccccc2CN(C)C)cnn1-c1ccccc1. The lowest BCUT2D eigenvalue weighted by molar-refractivity contribution is 0.102. The van der Waals surface area contributed by atoms with Crippen molar-refractivity contribution < 1.29 is 4.79 Å². The molecule has 0 aliphatic rings. The zero-order valence-corrected chi connectivity index (χ0v) is 14.7. The first-order chi connectivity index (χ1) is 12.1. The van der Waals surface area contributed by atoms with Crippen LogP contribution in [-0.4, -0.2) is 34.7 Å². The fourth-order valence-electron chi connectivity index (χ4n) is 2.77. The zero-order valence-electron chi connectivity index (χ0n) is 14.7. The van der Waals surface area contributed by atoms with Crippen LogP contribution in [0.5, 0.6) is 0 Å². The van der Waals surface area contributed by atoms with Crippen molar-refractivity contribution in [3.05, 3.63) is 77.6 Å². The third-order valence-electron chi connectivity index (χ3n) is 4.01. The Morgan fingerprint density at radius 3 is 2.48 bits per heavy atom. The first kappa shape index (κ1) is 16.9. The lowest BCUT2D eigenvalue weighted by Gasteiger charge is -2.14. The van der Waals surface area contributed by atoms with Crippen LogP contribution in [-0.2, 0) is 6.54 Å². The topological polar surface area (TPSA) is 50.2 Å². The van der Waals surface area contributed by atoms with Crippen LogP contribution < -0.4 is 5.32 Å². The molecule has 0 aliphatic carbocycles. The minimum atomic E-state index is -0.147. The van der Waals surface area contributed by atoms with Gasteiger partial charge in [0, 0.05) is 12.2 Å². The van der Waals surface area contributed by atoms with Crippen molar-refractivity contribution in [2.75, 3.05) is 19.4 Å². The number of amides is 1. The lowest BCUT2D eigenvalue weighted by Crippen LogP contribution is -2.17. The first-order valence-electron chi connectivity index (χ1n) is 8.20. The van der Waals surface area contributed by atoms with Gasteiger partial charge in [-0.15, -0.1) is 0 Å². The summed E-state index contributed by atoms with van der Waals surface area (Å²) in [6.45, 7) is 2.67. The van der Waals surface area contributed by atoms with Crippen LogP contribution in [0.4, 0.5) is 5.69 Å². The molecule has 0 aliphatic heterocycles. The average Bonchev–Trinajstić information content (AvgIpc) is 2.98. The molecule has 3 rings (SSSR count). The summed E-state index contributed by atoms with van der Waals surface area (Å²) in [6, 6.07) is 17.6. The maximum Gasteiger partial charge on any atom is 0.259 e. The molecule has 0 bridgehead atoms. The van der Waals surface area contributed by atoms with E-state index in [1.807, 2.05) is 75.6 Å². The highest BCUT2D eigenvalue weighted by Crippen LogP contribution is 2.19. The second kappa shape index (κ2) is 7.32. The predicted molar refractivity (Wildman–Crippen MR) is 100 cm³/mol. The molecule has 25 heavy (non-hydrogen) atoms. The molecule has 128 valence electrons. The highest BCUT2D eigenvalue weighted by molar-refractivity contribution is 6.05. The molecule has 5 heteroatoms. The normalized spacial score (nSPS) is 10.9. The average molecular weight is 334 g/mol. The van der Waals surface area contributed by atoms with E-state index in [-0.39, 0.29) is 5.91 Å². The van der Waals surface area contributed by atoms with Crippen molar-refractivity contribution in [1.29, 1.82) is 0 Å². The van der Waals surface area contributed by atoms with Gasteiger partial charge in [-0.1, -0.05) is 36.4 Å². The van der Waals surface area contributed by atoms with Crippen molar-refractivity contribution in [1.82, 2.24) is 14.7 Å². The Morgan fingerprint density at radius 2 is 1.76 bits per heavy atom. The maximum absolute atomic E-state index is 12.7. The molecule has 0 saturated carbocycles. The number of rotatable bonds is 5. The molecular weight excluding hydrogens is 312 g/mol. The summed E-state index contributed by atoms with van der Waals surface area (Å²) in [5.41, 5.74) is 4.23. The molecule has 5 nitrogen and oxygen atoms in total. The number of hydrogen-bond donors (Lipinski definition) is 1. The molecule has 2 aromatic carbocycles.